The average Bonchev–Trinajstić information content (AvgIpc) is 2.48. The van der Waals surface area contributed by atoms with Crippen LogP contribution in [0, 0.1) is 0 Å². The van der Waals surface area contributed by atoms with Crippen LogP contribution in [0.25, 0.3) is 0 Å². The van der Waals surface area contributed by atoms with Gasteiger partial charge in [-0.2, -0.15) is 0 Å². The third-order valence-corrected chi connectivity index (χ3v) is 1.93. The first-order valence-corrected chi connectivity index (χ1v) is 4.50. The van der Waals surface area contributed by atoms with Crippen LogP contribution in [0.5, 0.6) is 0 Å². The fraction of sp³-hybridized carbons (Fsp3) is 0.875. The SMILES string of the molecule is CC(C)N1CCN=C1NCCN. The molecule has 0 fully saturated rings. The quantitative estimate of drug-likeness (QED) is 0.607. The van der Waals surface area contributed by atoms with Crippen molar-refractivity contribution in [3.8, 4) is 0 Å². The predicted octanol–water partition coefficient (Wildman–Crippen LogP) is -0.385. The highest BCUT2D eigenvalue weighted by molar-refractivity contribution is 5.81. The van der Waals surface area contributed by atoms with Gasteiger partial charge in [0.25, 0.3) is 0 Å². The summed E-state index contributed by atoms with van der Waals surface area (Å²) in [6.07, 6.45) is 0. The maximum absolute atomic E-state index is 5.39. The second kappa shape index (κ2) is 4.30. The third kappa shape index (κ3) is 2.11. The van der Waals surface area contributed by atoms with Gasteiger partial charge in [0.05, 0.1) is 6.54 Å². The Morgan fingerprint density at radius 2 is 2.42 bits per heavy atom. The van der Waals surface area contributed by atoms with Gasteiger partial charge >= 0.3 is 0 Å². The van der Waals surface area contributed by atoms with Crippen LogP contribution < -0.4 is 11.1 Å². The lowest BCUT2D eigenvalue weighted by molar-refractivity contribution is 0.369. The van der Waals surface area contributed by atoms with Crippen molar-refractivity contribution in [2.75, 3.05) is 26.2 Å². The number of rotatable bonds is 3. The Morgan fingerprint density at radius 1 is 1.67 bits per heavy atom. The Kier molecular flexibility index (Phi) is 3.34. The number of nitrogens with zero attached hydrogens (tertiary/aromatic N) is 2. The molecule has 0 aromatic carbocycles. The zero-order chi connectivity index (χ0) is 8.97. The molecule has 0 amide bonds. The van der Waals surface area contributed by atoms with Crippen LogP contribution in [-0.2, 0) is 0 Å². The lowest BCUT2D eigenvalue weighted by atomic mass is 10.3. The van der Waals surface area contributed by atoms with Gasteiger partial charge in [-0.05, 0) is 13.8 Å². The molecule has 1 rings (SSSR count). The van der Waals surface area contributed by atoms with Crippen molar-refractivity contribution in [2.24, 2.45) is 10.7 Å². The van der Waals surface area contributed by atoms with Crippen LogP contribution in [0.2, 0.25) is 0 Å². The van der Waals surface area contributed by atoms with Crippen LogP contribution in [0.15, 0.2) is 4.99 Å². The maximum atomic E-state index is 5.39. The molecule has 0 unspecified atom stereocenters. The third-order valence-electron chi connectivity index (χ3n) is 1.93. The summed E-state index contributed by atoms with van der Waals surface area (Å²) in [7, 11) is 0. The molecule has 12 heavy (non-hydrogen) atoms. The first-order chi connectivity index (χ1) is 5.75. The Labute approximate surface area is 73.8 Å². The summed E-state index contributed by atoms with van der Waals surface area (Å²) in [5, 5.41) is 3.21. The minimum atomic E-state index is 0.525. The van der Waals surface area contributed by atoms with E-state index in [4.69, 9.17) is 5.73 Å². The molecule has 0 spiro atoms. The van der Waals surface area contributed by atoms with Crippen LogP contribution in [0.4, 0.5) is 0 Å². The van der Waals surface area contributed by atoms with Crippen molar-refractivity contribution >= 4 is 5.96 Å². The number of aliphatic imine (C=N–C) groups is 1. The second-order valence-electron chi connectivity index (χ2n) is 3.21. The van der Waals surface area contributed by atoms with Crippen LogP contribution in [0.1, 0.15) is 13.8 Å². The van der Waals surface area contributed by atoms with E-state index in [1.165, 1.54) is 0 Å². The Balaban J connectivity index is 2.40. The summed E-state index contributed by atoms with van der Waals surface area (Å²) in [5.41, 5.74) is 5.39. The molecule has 0 bridgehead atoms. The number of nitrogens with two attached hydrogens (primary N) is 1. The van der Waals surface area contributed by atoms with E-state index in [1.807, 2.05) is 0 Å². The Morgan fingerprint density at radius 3 is 3.00 bits per heavy atom. The van der Waals surface area contributed by atoms with Gasteiger partial charge in [-0.15, -0.1) is 0 Å². The second-order valence-corrected chi connectivity index (χ2v) is 3.21. The van der Waals surface area contributed by atoms with Gasteiger partial charge in [-0.3, -0.25) is 4.99 Å². The normalized spacial score (nSPS) is 17.0. The fourth-order valence-electron chi connectivity index (χ4n) is 1.30. The van der Waals surface area contributed by atoms with Crippen molar-refractivity contribution in [3.05, 3.63) is 0 Å². The molecule has 0 atom stereocenters. The summed E-state index contributed by atoms with van der Waals surface area (Å²) < 4.78 is 0. The molecule has 1 heterocycles. The Bertz CT molecular complexity index is 164. The summed E-state index contributed by atoms with van der Waals surface area (Å²) in [4.78, 5) is 6.61. The molecule has 0 radical (unpaired) electrons. The topological polar surface area (TPSA) is 53.6 Å². The van der Waals surface area contributed by atoms with Gasteiger partial charge in [-0.1, -0.05) is 0 Å². The number of guanidine groups is 1. The summed E-state index contributed by atoms with van der Waals surface area (Å²) in [5.74, 6) is 1.01. The van der Waals surface area contributed by atoms with E-state index < -0.39 is 0 Å². The molecule has 1 aliphatic heterocycles. The summed E-state index contributed by atoms with van der Waals surface area (Å²) in [6, 6.07) is 0.525. The zero-order valence-electron chi connectivity index (χ0n) is 7.88. The number of hydrogen-bond donors (Lipinski definition) is 2. The highest BCUT2D eigenvalue weighted by Gasteiger charge is 2.18. The standard InChI is InChI=1S/C8H18N4/c1-7(2)12-6-5-11-8(12)10-4-3-9/h7H,3-6,9H2,1-2H3,(H,10,11). The minimum absolute atomic E-state index is 0.525. The van der Waals surface area contributed by atoms with E-state index in [1.54, 1.807) is 0 Å². The van der Waals surface area contributed by atoms with E-state index >= 15 is 0 Å². The largest absolute Gasteiger partial charge is 0.355 e. The summed E-state index contributed by atoms with van der Waals surface area (Å²) >= 11 is 0. The van der Waals surface area contributed by atoms with Gasteiger partial charge < -0.3 is 16.0 Å². The zero-order valence-corrected chi connectivity index (χ0v) is 7.88. The van der Waals surface area contributed by atoms with E-state index in [2.05, 4.69) is 29.1 Å². The predicted molar refractivity (Wildman–Crippen MR) is 51.2 cm³/mol. The molecular weight excluding hydrogens is 152 g/mol. The van der Waals surface area contributed by atoms with Crippen molar-refractivity contribution in [1.82, 2.24) is 10.2 Å². The number of nitrogens with one attached hydrogen (secondary N) is 1. The highest BCUT2D eigenvalue weighted by Crippen LogP contribution is 2.04. The van der Waals surface area contributed by atoms with Gasteiger partial charge in [-0.25, -0.2) is 0 Å². The van der Waals surface area contributed by atoms with Gasteiger partial charge in [0.2, 0.25) is 0 Å². The lowest BCUT2D eigenvalue weighted by Crippen LogP contribution is -2.43. The van der Waals surface area contributed by atoms with Crippen molar-refractivity contribution in [3.63, 3.8) is 0 Å². The van der Waals surface area contributed by atoms with Gasteiger partial charge in [0, 0.05) is 25.7 Å². The lowest BCUT2D eigenvalue weighted by Gasteiger charge is -2.24. The van der Waals surface area contributed by atoms with Crippen LogP contribution in [0.3, 0.4) is 0 Å². The van der Waals surface area contributed by atoms with E-state index in [0.29, 0.717) is 12.6 Å². The van der Waals surface area contributed by atoms with E-state index in [9.17, 15) is 0 Å². The van der Waals surface area contributed by atoms with Crippen LogP contribution in [-0.4, -0.2) is 43.1 Å². The molecule has 4 nitrogen and oxygen atoms in total. The summed E-state index contributed by atoms with van der Waals surface area (Å²) in [6.45, 7) is 7.75. The fourth-order valence-corrected chi connectivity index (χ4v) is 1.30. The van der Waals surface area contributed by atoms with Crippen molar-refractivity contribution < 1.29 is 0 Å². The molecule has 70 valence electrons. The molecule has 1 aliphatic rings. The molecular formula is C8H18N4. The molecule has 0 aromatic heterocycles. The first-order valence-electron chi connectivity index (χ1n) is 4.50. The van der Waals surface area contributed by atoms with E-state index in [-0.39, 0.29) is 0 Å². The smallest absolute Gasteiger partial charge is 0.194 e. The first kappa shape index (κ1) is 9.32. The number of hydrogen-bond acceptors (Lipinski definition) is 4. The van der Waals surface area contributed by atoms with Gasteiger partial charge in [0.1, 0.15) is 0 Å². The molecule has 3 N–H and O–H groups in total. The molecule has 0 saturated carbocycles. The molecule has 0 saturated heterocycles. The molecule has 4 heteroatoms. The van der Waals surface area contributed by atoms with Crippen molar-refractivity contribution in [1.29, 1.82) is 0 Å². The Hall–Kier alpha value is -0.770. The van der Waals surface area contributed by atoms with Crippen molar-refractivity contribution in [2.45, 2.75) is 19.9 Å². The average molecular weight is 170 g/mol. The minimum Gasteiger partial charge on any atom is -0.355 e. The highest BCUT2D eigenvalue weighted by atomic mass is 15.3. The monoisotopic (exact) mass is 170 g/mol. The molecule has 0 aromatic rings. The van der Waals surface area contributed by atoms with E-state index in [0.717, 1.165) is 25.6 Å². The molecule has 0 aliphatic carbocycles. The van der Waals surface area contributed by atoms with Gasteiger partial charge in [0.15, 0.2) is 5.96 Å². The maximum Gasteiger partial charge on any atom is 0.194 e. The van der Waals surface area contributed by atoms with Crippen LogP contribution >= 0.6 is 0 Å².